The van der Waals surface area contributed by atoms with Crippen molar-refractivity contribution in [1.29, 1.82) is 0 Å². The van der Waals surface area contributed by atoms with E-state index in [1.165, 1.54) is 0 Å². The minimum absolute atomic E-state index is 0.110. The summed E-state index contributed by atoms with van der Waals surface area (Å²) in [6.45, 7) is 5.67. The maximum absolute atomic E-state index is 12.4. The zero-order valence-electron chi connectivity index (χ0n) is 10.4. The molecule has 0 spiro atoms. The van der Waals surface area contributed by atoms with Gasteiger partial charge in [-0.2, -0.15) is 0 Å². The molecule has 0 atom stereocenters. The summed E-state index contributed by atoms with van der Waals surface area (Å²) in [6, 6.07) is 3.54. The van der Waals surface area contributed by atoms with Crippen molar-refractivity contribution < 1.29 is 15.0 Å². The van der Waals surface area contributed by atoms with Gasteiger partial charge in [0.2, 0.25) is 0 Å². The van der Waals surface area contributed by atoms with E-state index in [4.69, 9.17) is 0 Å². The Morgan fingerprint density at radius 1 is 1.29 bits per heavy atom. The van der Waals surface area contributed by atoms with Crippen LogP contribution in [0.2, 0.25) is 0 Å². The summed E-state index contributed by atoms with van der Waals surface area (Å²) in [5.74, 6) is 0.110. The Bertz CT molecular complexity index is 473. The van der Waals surface area contributed by atoms with Gasteiger partial charge < -0.3 is 10.2 Å². The summed E-state index contributed by atoms with van der Waals surface area (Å²) >= 11 is 0. The zero-order valence-corrected chi connectivity index (χ0v) is 10.4. The monoisotopic (exact) mass is 234 g/mol. The Hall–Kier alpha value is -1.19. The van der Waals surface area contributed by atoms with Crippen LogP contribution in [-0.4, -0.2) is 16.0 Å². The number of aliphatic hydroxyl groups is 2. The second kappa shape index (κ2) is 3.93. The lowest BCUT2D eigenvalue weighted by molar-refractivity contribution is -0.0429. The Labute approximate surface area is 101 Å². The normalized spacial score (nSPS) is 18.4. The molecule has 0 aromatic heterocycles. The molecule has 0 fully saturated rings. The second-order valence-corrected chi connectivity index (χ2v) is 5.40. The van der Waals surface area contributed by atoms with E-state index in [2.05, 4.69) is 0 Å². The largest absolute Gasteiger partial charge is 0.364 e. The van der Waals surface area contributed by atoms with Gasteiger partial charge in [-0.1, -0.05) is 26.0 Å². The predicted octanol–water partition coefficient (Wildman–Crippen LogP) is 2.13. The lowest BCUT2D eigenvalue weighted by Gasteiger charge is -2.31. The topological polar surface area (TPSA) is 57.5 Å². The van der Waals surface area contributed by atoms with Crippen molar-refractivity contribution in [2.45, 2.75) is 39.9 Å². The predicted molar refractivity (Wildman–Crippen MR) is 64.8 cm³/mol. The first-order chi connectivity index (χ1) is 7.84. The number of aryl methyl sites for hydroxylation is 1. The highest BCUT2D eigenvalue weighted by Gasteiger charge is 2.35. The Balaban J connectivity index is 2.62. The maximum Gasteiger partial charge on any atom is 0.178 e. The van der Waals surface area contributed by atoms with Crippen molar-refractivity contribution in [2.75, 3.05) is 0 Å². The van der Waals surface area contributed by atoms with Gasteiger partial charge in [0.05, 0.1) is 0 Å². The number of benzene rings is 1. The molecular formula is C14H18O3. The van der Waals surface area contributed by atoms with Gasteiger partial charge in [0, 0.05) is 16.5 Å². The van der Waals surface area contributed by atoms with E-state index in [9.17, 15) is 15.0 Å². The lowest BCUT2D eigenvalue weighted by atomic mass is 9.71. The highest BCUT2D eigenvalue weighted by molar-refractivity contribution is 6.03. The van der Waals surface area contributed by atoms with E-state index >= 15 is 0 Å². The van der Waals surface area contributed by atoms with Gasteiger partial charge in [0.25, 0.3) is 0 Å². The maximum atomic E-state index is 12.4. The van der Waals surface area contributed by atoms with Crippen LogP contribution in [0.3, 0.4) is 0 Å². The average molecular weight is 234 g/mol. The number of hydrogen-bond donors (Lipinski definition) is 2. The number of rotatable bonds is 1. The van der Waals surface area contributed by atoms with E-state index in [1.54, 1.807) is 13.0 Å². The molecular weight excluding hydrogens is 216 g/mol. The summed E-state index contributed by atoms with van der Waals surface area (Å²) in [4.78, 5) is 12.4. The first-order valence-corrected chi connectivity index (χ1v) is 5.88. The van der Waals surface area contributed by atoms with Crippen molar-refractivity contribution in [1.82, 2.24) is 0 Å². The minimum Gasteiger partial charge on any atom is -0.364 e. The second-order valence-electron chi connectivity index (χ2n) is 5.40. The van der Waals surface area contributed by atoms with E-state index in [-0.39, 0.29) is 11.2 Å². The standard InChI is InChI=1S/C14H18O3/c1-8-10(13(16)17)5-4-9-6-7-14(2,3)12(15)11(8)9/h4-5,13,16-17H,6-7H2,1-3H3. The van der Waals surface area contributed by atoms with Crippen LogP contribution in [0.15, 0.2) is 12.1 Å². The number of hydrogen-bond acceptors (Lipinski definition) is 3. The molecule has 1 aliphatic rings. The molecule has 2 rings (SSSR count). The number of aliphatic hydroxyl groups excluding tert-OH is 1. The van der Waals surface area contributed by atoms with Gasteiger partial charge >= 0.3 is 0 Å². The van der Waals surface area contributed by atoms with Crippen LogP contribution in [0, 0.1) is 12.3 Å². The molecule has 0 radical (unpaired) electrons. The van der Waals surface area contributed by atoms with Gasteiger partial charge in [0.1, 0.15) is 0 Å². The van der Waals surface area contributed by atoms with Crippen molar-refractivity contribution in [3.8, 4) is 0 Å². The van der Waals surface area contributed by atoms with Crippen LogP contribution in [0.25, 0.3) is 0 Å². The van der Waals surface area contributed by atoms with Gasteiger partial charge in [-0.3, -0.25) is 4.79 Å². The van der Waals surface area contributed by atoms with E-state index in [0.717, 1.165) is 18.4 Å². The molecule has 0 aliphatic heterocycles. The molecule has 0 bridgehead atoms. The summed E-state index contributed by atoms with van der Waals surface area (Å²) in [5.41, 5.74) is 2.49. The number of ketones is 1. The smallest absolute Gasteiger partial charge is 0.178 e. The molecule has 3 heteroatoms. The SMILES string of the molecule is Cc1c(C(O)O)ccc2c1C(=O)C(C)(C)CC2. The Kier molecular flexibility index (Phi) is 2.84. The molecule has 92 valence electrons. The Morgan fingerprint density at radius 2 is 1.94 bits per heavy atom. The fourth-order valence-corrected chi connectivity index (χ4v) is 2.49. The van der Waals surface area contributed by atoms with Crippen LogP contribution in [0.5, 0.6) is 0 Å². The molecule has 1 aromatic rings. The summed E-state index contributed by atoms with van der Waals surface area (Å²) in [5, 5.41) is 18.5. The molecule has 0 unspecified atom stereocenters. The fraction of sp³-hybridized carbons (Fsp3) is 0.500. The number of fused-ring (bicyclic) bond motifs is 1. The minimum atomic E-state index is -1.52. The highest BCUT2D eigenvalue weighted by atomic mass is 16.5. The lowest BCUT2D eigenvalue weighted by Crippen LogP contribution is -2.31. The molecule has 1 aliphatic carbocycles. The van der Waals surface area contributed by atoms with E-state index < -0.39 is 6.29 Å². The van der Waals surface area contributed by atoms with Crippen molar-refractivity contribution in [3.05, 3.63) is 34.4 Å². The molecule has 1 aromatic carbocycles. The van der Waals surface area contributed by atoms with Crippen LogP contribution in [0.4, 0.5) is 0 Å². The van der Waals surface area contributed by atoms with Gasteiger partial charge in [0.15, 0.2) is 12.1 Å². The highest BCUT2D eigenvalue weighted by Crippen LogP contribution is 2.37. The quantitative estimate of drug-likeness (QED) is 0.732. The first kappa shape index (κ1) is 12.3. The van der Waals surface area contributed by atoms with Crippen molar-refractivity contribution in [3.63, 3.8) is 0 Å². The van der Waals surface area contributed by atoms with Gasteiger partial charge in [-0.25, -0.2) is 0 Å². The third-order valence-electron chi connectivity index (χ3n) is 3.73. The molecule has 17 heavy (non-hydrogen) atoms. The number of carbonyl (C=O) groups is 1. The first-order valence-electron chi connectivity index (χ1n) is 5.88. The number of carbonyl (C=O) groups excluding carboxylic acids is 1. The van der Waals surface area contributed by atoms with E-state index in [1.807, 2.05) is 19.9 Å². The molecule has 0 saturated carbocycles. The molecule has 3 nitrogen and oxygen atoms in total. The summed E-state index contributed by atoms with van der Waals surface area (Å²) < 4.78 is 0. The van der Waals surface area contributed by atoms with Crippen LogP contribution >= 0.6 is 0 Å². The van der Waals surface area contributed by atoms with Crippen LogP contribution in [0.1, 0.15) is 53.6 Å². The fourth-order valence-electron chi connectivity index (χ4n) is 2.49. The van der Waals surface area contributed by atoms with Crippen molar-refractivity contribution >= 4 is 5.78 Å². The summed E-state index contributed by atoms with van der Waals surface area (Å²) in [7, 11) is 0. The zero-order chi connectivity index (χ0) is 12.8. The molecule has 2 N–H and O–H groups in total. The van der Waals surface area contributed by atoms with Gasteiger partial charge in [-0.05, 0) is 30.9 Å². The molecule has 0 saturated heterocycles. The van der Waals surface area contributed by atoms with Crippen molar-refractivity contribution in [2.24, 2.45) is 5.41 Å². The molecule has 0 amide bonds. The Morgan fingerprint density at radius 3 is 2.53 bits per heavy atom. The molecule has 0 heterocycles. The third-order valence-corrected chi connectivity index (χ3v) is 3.73. The van der Waals surface area contributed by atoms with Gasteiger partial charge in [-0.15, -0.1) is 0 Å². The average Bonchev–Trinajstić information content (AvgIpc) is 2.23. The summed E-state index contributed by atoms with van der Waals surface area (Å²) in [6.07, 6.45) is 0.203. The van der Waals surface area contributed by atoms with E-state index in [0.29, 0.717) is 16.7 Å². The van der Waals surface area contributed by atoms with Crippen LogP contribution in [-0.2, 0) is 6.42 Å². The van der Waals surface area contributed by atoms with Crippen LogP contribution < -0.4 is 0 Å². The number of Topliss-reactive ketones (excluding diaryl/α,β-unsaturated/α-hetero) is 1. The third kappa shape index (κ3) is 1.90.